The van der Waals surface area contributed by atoms with Crippen LogP contribution in [0.15, 0.2) is 30.5 Å². The number of hydrogen-bond acceptors (Lipinski definition) is 3. The molecule has 4 nitrogen and oxygen atoms in total. The van der Waals surface area contributed by atoms with Crippen molar-refractivity contribution < 1.29 is 9.84 Å². The van der Waals surface area contributed by atoms with Crippen molar-refractivity contribution in [3.05, 3.63) is 30.5 Å². The number of aliphatic hydroxyl groups is 1. The van der Waals surface area contributed by atoms with Crippen molar-refractivity contribution in [2.75, 3.05) is 13.2 Å². The van der Waals surface area contributed by atoms with Gasteiger partial charge in [0.1, 0.15) is 18.5 Å². The van der Waals surface area contributed by atoms with Gasteiger partial charge in [-0.15, -0.1) is 0 Å². The second kappa shape index (κ2) is 6.96. The van der Waals surface area contributed by atoms with E-state index in [0.717, 1.165) is 16.7 Å². The molecule has 21 heavy (non-hydrogen) atoms. The zero-order valence-electron chi connectivity index (χ0n) is 12.3. The van der Waals surface area contributed by atoms with Gasteiger partial charge >= 0.3 is 0 Å². The molecule has 3 rings (SSSR count). The highest BCUT2D eigenvalue weighted by atomic mass is 16.5. The highest BCUT2D eigenvalue weighted by Gasteiger charge is 2.14. The minimum absolute atomic E-state index is 0.323. The quantitative estimate of drug-likeness (QED) is 0.766. The molecule has 1 aromatic carbocycles. The molecule has 1 heterocycles. The van der Waals surface area contributed by atoms with Crippen LogP contribution in [0.5, 0.6) is 5.75 Å². The Balaban J connectivity index is 1.47. The van der Waals surface area contributed by atoms with E-state index in [9.17, 15) is 5.11 Å². The fraction of sp³-hybridized carbons (Fsp3) is 0.529. The third-order valence-corrected chi connectivity index (χ3v) is 4.23. The average Bonchev–Trinajstić information content (AvgIpc) is 3.01. The number of H-pyrrole nitrogens is 1. The molecule has 1 atom stereocenters. The van der Waals surface area contributed by atoms with Gasteiger partial charge in [0, 0.05) is 29.7 Å². The lowest BCUT2D eigenvalue weighted by Gasteiger charge is -2.24. The Kier molecular flexibility index (Phi) is 4.78. The smallest absolute Gasteiger partial charge is 0.128 e. The van der Waals surface area contributed by atoms with Gasteiger partial charge in [-0.2, -0.15) is 0 Å². The molecule has 0 aliphatic heterocycles. The molecule has 0 bridgehead atoms. The summed E-state index contributed by atoms with van der Waals surface area (Å²) >= 11 is 0. The van der Waals surface area contributed by atoms with E-state index in [1.54, 1.807) is 0 Å². The van der Waals surface area contributed by atoms with Gasteiger partial charge in [0.2, 0.25) is 0 Å². The van der Waals surface area contributed by atoms with E-state index in [-0.39, 0.29) is 0 Å². The minimum atomic E-state index is -0.471. The van der Waals surface area contributed by atoms with E-state index < -0.39 is 6.10 Å². The maximum atomic E-state index is 10.1. The predicted molar refractivity (Wildman–Crippen MR) is 84.7 cm³/mol. The number of rotatable bonds is 6. The van der Waals surface area contributed by atoms with Crippen LogP contribution in [0.4, 0.5) is 0 Å². The van der Waals surface area contributed by atoms with Crippen LogP contribution in [-0.2, 0) is 0 Å². The third kappa shape index (κ3) is 3.77. The summed E-state index contributed by atoms with van der Waals surface area (Å²) in [6.07, 6.45) is 7.86. The van der Waals surface area contributed by atoms with Crippen molar-refractivity contribution in [1.82, 2.24) is 10.3 Å². The second-order valence-electron chi connectivity index (χ2n) is 5.90. The number of aliphatic hydroxyl groups excluding tert-OH is 1. The zero-order chi connectivity index (χ0) is 14.5. The highest BCUT2D eigenvalue weighted by Crippen LogP contribution is 2.24. The van der Waals surface area contributed by atoms with Crippen LogP contribution in [0.25, 0.3) is 10.9 Å². The van der Waals surface area contributed by atoms with Crippen LogP contribution in [0, 0.1) is 0 Å². The number of aromatic nitrogens is 1. The molecule has 1 aliphatic rings. The molecule has 0 radical (unpaired) electrons. The summed E-state index contributed by atoms with van der Waals surface area (Å²) in [7, 11) is 0. The van der Waals surface area contributed by atoms with E-state index in [4.69, 9.17) is 4.74 Å². The molecule has 0 spiro atoms. The Morgan fingerprint density at radius 3 is 2.95 bits per heavy atom. The van der Waals surface area contributed by atoms with Gasteiger partial charge in [0.15, 0.2) is 0 Å². The number of benzene rings is 1. The Labute approximate surface area is 125 Å². The Bertz CT molecular complexity index is 561. The first-order valence-electron chi connectivity index (χ1n) is 7.93. The monoisotopic (exact) mass is 288 g/mol. The molecule has 0 amide bonds. The van der Waals surface area contributed by atoms with E-state index in [0.29, 0.717) is 19.2 Å². The van der Waals surface area contributed by atoms with Gasteiger partial charge in [-0.25, -0.2) is 0 Å². The molecule has 4 heteroatoms. The summed E-state index contributed by atoms with van der Waals surface area (Å²) in [6.45, 7) is 0.928. The van der Waals surface area contributed by atoms with Crippen molar-refractivity contribution in [3.8, 4) is 5.75 Å². The Morgan fingerprint density at radius 2 is 2.10 bits per heavy atom. The summed E-state index contributed by atoms with van der Waals surface area (Å²) in [4.78, 5) is 3.16. The zero-order valence-corrected chi connectivity index (χ0v) is 12.3. The van der Waals surface area contributed by atoms with E-state index in [1.807, 2.05) is 30.5 Å². The van der Waals surface area contributed by atoms with Crippen LogP contribution in [0.3, 0.4) is 0 Å². The Hall–Kier alpha value is -1.52. The minimum Gasteiger partial charge on any atom is -0.490 e. The van der Waals surface area contributed by atoms with Gasteiger partial charge in [-0.05, 0) is 31.0 Å². The van der Waals surface area contributed by atoms with Crippen LogP contribution in [0.1, 0.15) is 32.1 Å². The van der Waals surface area contributed by atoms with Gasteiger partial charge < -0.3 is 20.1 Å². The lowest BCUT2D eigenvalue weighted by atomic mass is 9.95. The summed E-state index contributed by atoms with van der Waals surface area (Å²) in [5.41, 5.74) is 1.06. The molecule has 1 saturated carbocycles. The van der Waals surface area contributed by atoms with Crippen molar-refractivity contribution in [1.29, 1.82) is 0 Å². The summed E-state index contributed by atoms with van der Waals surface area (Å²) in [5, 5.41) is 14.6. The number of nitrogens with one attached hydrogen (secondary N) is 2. The van der Waals surface area contributed by atoms with Crippen LogP contribution < -0.4 is 10.1 Å². The van der Waals surface area contributed by atoms with E-state index in [2.05, 4.69) is 10.3 Å². The SMILES string of the molecule is O[C@H](CNC1CCCCC1)COc1cccc2[nH]ccc12. The van der Waals surface area contributed by atoms with Crippen molar-refractivity contribution in [2.45, 2.75) is 44.2 Å². The number of aromatic amines is 1. The van der Waals surface area contributed by atoms with Crippen LogP contribution in [0.2, 0.25) is 0 Å². The Morgan fingerprint density at radius 1 is 1.24 bits per heavy atom. The molecule has 1 aromatic heterocycles. The highest BCUT2D eigenvalue weighted by molar-refractivity contribution is 5.85. The largest absolute Gasteiger partial charge is 0.490 e. The molecule has 3 N–H and O–H groups in total. The molecule has 1 fully saturated rings. The van der Waals surface area contributed by atoms with Crippen LogP contribution in [-0.4, -0.2) is 35.4 Å². The number of hydrogen-bond donors (Lipinski definition) is 3. The first kappa shape index (κ1) is 14.4. The first-order valence-corrected chi connectivity index (χ1v) is 7.93. The first-order chi connectivity index (χ1) is 10.3. The molecular weight excluding hydrogens is 264 g/mol. The van der Waals surface area contributed by atoms with Gasteiger partial charge in [-0.1, -0.05) is 25.3 Å². The summed E-state index contributed by atoms with van der Waals surface area (Å²) in [6, 6.07) is 8.49. The fourth-order valence-corrected chi connectivity index (χ4v) is 3.04. The normalized spacial score (nSPS) is 18.0. The van der Waals surface area contributed by atoms with Gasteiger partial charge in [-0.3, -0.25) is 0 Å². The summed E-state index contributed by atoms with van der Waals surface area (Å²) < 4.78 is 5.77. The summed E-state index contributed by atoms with van der Waals surface area (Å²) in [5.74, 6) is 0.825. The average molecular weight is 288 g/mol. The fourth-order valence-electron chi connectivity index (χ4n) is 3.04. The van der Waals surface area contributed by atoms with E-state index in [1.165, 1.54) is 32.1 Å². The molecule has 0 unspecified atom stereocenters. The van der Waals surface area contributed by atoms with Crippen LogP contribution >= 0.6 is 0 Å². The number of ether oxygens (including phenoxy) is 1. The van der Waals surface area contributed by atoms with Crippen molar-refractivity contribution >= 4 is 10.9 Å². The van der Waals surface area contributed by atoms with Gasteiger partial charge in [0.25, 0.3) is 0 Å². The molecular formula is C17H24N2O2. The standard InChI is InChI=1S/C17H24N2O2/c20-14(11-19-13-5-2-1-3-6-13)12-21-17-8-4-7-16-15(17)9-10-18-16/h4,7-10,13-14,18-20H,1-3,5-6,11-12H2/t14-/m1/s1. The number of fused-ring (bicyclic) bond motifs is 1. The maximum Gasteiger partial charge on any atom is 0.128 e. The second-order valence-corrected chi connectivity index (χ2v) is 5.90. The topological polar surface area (TPSA) is 57.3 Å². The molecule has 114 valence electrons. The van der Waals surface area contributed by atoms with E-state index >= 15 is 0 Å². The van der Waals surface area contributed by atoms with Crippen molar-refractivity contribution in [2.24, 2.45) is 0 Å². The predicted octanol–water partition coefficient (Wildman–Crippen LogP) is 2.83. The molecule has 1 aliphatic carbocycles. The van der Waals surface area contributed by atoms with Gasteiger partial charge in [0.05, 0.1) is 0 Å². The molecule has 0 saturated heterocycles. The lowest BCUT2D eigenvalue weighted by Crippen LogP contribution is -2.38. The van der Waals surface area contributed by atoms with Crippen molar-refractivity contribution in [3.63, 3.8) is 0 Å². The molecule has 2 aromatic rings. The lowest BCUT2D eigenvalue weighted by molar-refractivity contribution is 0.102. The maximum absolute atomic E-state index is 10.1. The third-order valence-electron chi connectivity index (χ3n) is 4.23.